The van der Waals surface area contributed by atoms with Gasteiger partial charge in [-0.25, -0.2) is 15.0 Å². The molecule has 6 nitrogen and oxygen atoms in total. The minimum Gasteiger partial charge on any atom is -0.496 e. The maximum absolute atomic E-state index is 11.9. The maximum atomic E-state index is 11.9. The van der Waals surface area contributed by atoms with Crippen LogP contribution in [0.2, 0.25) is 5.02 Å². The highest BCUT2D eigenvalue weighted by molar-refractivity contribution is 7.13. The van der Waals surface area contributed by atoms with Crippen LogP contribution < -0.4 is 10.1 Å². The number of carbonyl (C=O) groups excluding carboxylic acids is 1. The number of thiazole rings is 1. The molecular weight excluding hydrogens is 456 g/mol. The highest BCUT2D eigenvalue weighted by atomic mass is 35.5. The van der Waals surface area contributed by atoms with Gasteiger partial charge in [-0.2, -0.15) is 0 Å². The lowest BCUT2D eigenvalue weighted by Crippen LogP contribution is -2.03. The fourth-order valence-electron chi connectivity index (χ4n) is 3.56. The van der Waals surface area contributed by atoms with E-state index in [4.69, 9.17) is 16.3 Å². The summed E-state index contributed by atoms with van der Waals surface area (Å²) in [6, 6.07) is 11.8. The number of nitrogens with one attached hydrogen (secondary N) is 1. The van der Waals surface area contributed by atoms with E-state index in [0.29, 0.717) is 34.6 Å². The molecule has 0 bridgehead atoms. The first-order chi connectivity index (χ1) is 16.0. The topological polar surface area (TPSA) is 77.0 Å². The van der Waals surface area contributed by atoms with Gasteiger partial charge in [-0.1, -0.05) is 48.9 Å². The summed E-state index contributed by atoms with van der Waals surface area (Å²) in [4.78, 5) is 25.1. The molecule has 0 saturated heterocycles. The Bertz CT molecular complexity index is 1270. The quantitative estimate of drug-likeness (QED) is 0.291. The van der Waals surface area contributed by atoms with Crippen molar-refractivity contribution in [2.45, 2.75) is 26.7 Å². The maximum Gasteiger partial charge on any atom is 0.188 e. The number of aromatic nitrogens is 3. The Balaban J connectivity index is 1.62. The molecule has 0 spiro atoms. The molecule has 2 aromatic carbocycles. The SMILES string of the molecule is CCC(=O)c1ccc(-c2cc(OC)c(Cc3ncc(Cl)c(Nc4nccs4)n3)cc2C)cc1. The van der Waals surface area contributed by atoms with E-state index in [9.17, 15) is 4.79 Å². The number of rotatable bonds is 8. The van der Waals surface area contributed by atoms with Gasteiger partial charge in [-0.05, 0) is 29.7 Å². The Labute approximate surface area is 201 Å². The number of halogens is 1. The lowest BCUT2D eigenvalue weighted by Gasteiger charge is -2.14. The largest absolute Gasteiger partial charge is 0.496 e. The van der Waals surface area contributed by atoms with Crippen LogP contribution in [-0.4, -0.2) is 27.8 Å². The lowest BCUT2D eigenvalue weighted by atomic mass is 9.95. The second-order valence-corrected chi connectivity index (χ2v) is 8.76. The van der Waals surface area contributed by atoms with Crippen LogP contribution in [0.25, 0.3) is 11.1 Å². The number of carbonyl (C=O) groups is 1. The smallest absolute Gasteiger partial charge is 0.188 e. The van der Waals surface area contributed by atoms with Gasteiger partial charge >= 0.3 is 0 Å². The molecule has 0 aliphatic rings. The van der Waals surface area contributed by atoms with E-state index in [1.165, 1.54) is 11.3 Å². The van der Waals surface area contributed by atoms with Gasteiger partial charge in [0.05, 0.1) is 13.3 Å². The van der Waals surface area contributed by atoms with E-state index in [0.717, 1.165) is 33.6 Å². The first kappa shape index (κ1) is 22.9. The number of benzene rings is 2. The van der Waals surface area contributed by atoms with Crippen LogP contribution in [0.3, 0.4) is 0 Å². The summed E-state index contributed by atoms with van der Waals surface area (Å²) in [5, 5.41) is 6.15. The van der Waals surface area contributed by atoms with Crippen LogP contribution in [0.4, 0.5) is 10.9 Å². The number of methoxy groups -OCH3 is 1. The Hall–Kier alpha value is -3.29. The molecule has 2 aromatic heterocycles. The number of hydrogen-bond donors (Lipinski definition) is 1. The fraction of sp³-hybridized carbons (Fsp3) is 0.200. The first-order valence-electron chi connectivity index (χ1n) is 10.5. The van der Waals surface area contributed by atoms with Crippen LogP contribution >= 0.6 is 22.9 Å². The standard InChI is InChI=1S/C25H23ClN4O2S/c1-4-21(31)17-7-5-16(6-8-17)19-13-22(32-3)18(11-15(19)2)12-23-28-14-20(26)24(29-23)30-25-27-9-10-33-25/h5-11,13-14H,4,12H2,1-3H3,(H,27,28,29,30). The second-order valence-electron chi connectivity index (χ2n) is 7.45. The summed E-state index contributed by atoms with van der Waals surface area (Å²) in [5.74, 6) is 2.02. The van der Waals surface area contributed by atoms with Crippen LogP contribution in [0.1, 0.15) is 40.7 Å². The molecule has 0 saturated carbocycles. The van der Waals surface area contributed by atoms with Crippen molar-refractivity contribution >= 4 is 39.7 Å². The number of ether oxygens (including phenoxy) is 1. The molecule has 0 unspecified atom stereocenters. The zero-order valence-electron chi connectivity index (χ0n) is 18.6. The average Bonchev–Trinajstić information content (AvgIpc) is 3.34. The van der Waals surface area contributed by atoms with E-state index in [-0.39, 0.29) is 5.78 Å². The van der Waals surface area contributed by atoms with Crippen LogP contribution in [0.5, 0.6) is 5.75 Å². The molecule has 168 valence electrons. The molecule has 0 fully saturated rings. The van der Waals surface area contributed by atoms with Gasteiger partial charge in [-0.3, -0.25) is 4.79 Å². The molecule has 1 N–H and O–H groups in total. The number of ketones is 1. The van der Waals surface area contributed by atoms with Gasteiger partial charge in [0, 0.05) is 35.5 Å². The fourth-order valence-corrected chi connectivity index (χ4v) is 4.23. The predicted octanol–water partition coefficient (Wildman–Crippen LogP) is 6.50. The molecule has 33 heavy (non-hydrogen) atoms. The number of hydrogen-bond acceptors (Lipinski definition) is 7. The van der Waals surface area contributed by atoms with Gasteiger partial charge in [0.2, 0.25) is 0 Å². The third-order valence-corrected chi connectivity index (χ3v) is 6.23. The Morgan fingerprint density at radius 1 is 1.18 bits per heavy atom. The third-order valence-electron chi connectivity index (χ3n) is 5.27. The van der Waals surface area contributed by atoms with Crippen LogP contribution in [0.15, 0.2) is 54.2 Å². The van der Waals surface area contributed by atoms with Crippen LogP contribution in [0, 0.1) is 6.92 Å². The molecular formula is C25H23ClN4O2S. The van der Waals surface area contributed by atoms with E-state index in [2.05, 4.69) is 33.3 Å². The van der Waals surface area contributed by atoms with Gasteiger partial charge in [-0.15, -0.1) is 11.3 Å². The molecule has 0 aliphatic heterocycles. The van der Waals surface area contributed by atoms with E-state index in [1.54, 1.807) is 19.5 Å². The summed E-state index contributed by atoms with van der Waals surface area (Å²) in [5.41, 5.74) is 4.87. The highest BCUT2D eigenvalue weighted by Gasteiger charge is 2.14. The first-order valence-corrected chi connectivity index (χ1v) is 11.7. The molecule has 0 aliphatic carbocycles. The predicted molar refractivity (Wildman–Crippen MR) is 133 cm³/mol. The molecule has 8 heteroatoms. The molecule has 4 rings (SSSR count). The Kier molecular flexibility index (Phi) is 7.01. The van der Waals surface area contributed by atoms with Gasteiger partial charge in [0.15, 0.2) is 16.7 Å². The van der Waals surface area contributed by atoms with Crippen LogP contribution in [-0.2, 0) is 6.42 Å². The Morgan fingerprint density at radius 3 is 2.64 bits per heavy atom. The number of aryl methyl sites for hydroxylation is 1. The average molecular weight is 479 g/mol. The monoisotopic (exact) mass is 478 g/mol. The van der Waals surface area contributed by atoms with Crippen molar-refractivity contribution in [3.8, 4) is 16.9 Å². The summed E-state index contributed by atoms with van der Waals surface area (Å²) in [6.07, 6.45) is 4.28. The minimum atomic E-state index is 0.137. The van der Waals surface area contributed by atoms with Gasteiger partial charge < -0.3 is 10.1 Å². The van der Waals surface area contributed by atoms with Gasteiger partial charge in [0.25, 0.3) is 0 Å². The zero-order valence-corrected chi connectivity index (χ0v) is 20.1. The minimum absolute atomic E-state index is 0.137. The van der Waals surface area contributed by atoms with E-state index < -0.39 is 0 Å². The molecule has 2 heterocycles. The van der Waals surface area contributed by atoms with Gasteiger partial charge in [0.1, 0.15) is 16.6 Å². The van der Waals surface area contributed by atoms with Crippen molar-refractivity contribution in [1.29, 1.82) is 0 Å². The summed E-state index contributed by atoms with van der Waals surface area (Å²) < 4.78 is 5.69. The highest BCUT2D eigenvalue weighted by Crippen LogP contribution is 2.33. The number of anilines is 2. The molecule has 0 amide bonds. The van der Waals surface area contributed by atoms with Crippen molar-refractivity contribution < 1.29 is 9.53 Å². The summed E-state index contributed by atoms with van der Waals surface area (Å²) >= 11 is 7.74. The van der Waals surface area contributed by atoms with Crippen molar-refractivity contribution in [1.82, 2.24) is 15.0 Å². The van der Waals surface area contributed by atoms with Crippen molar-refractivity contribution in [3.05, 3.63) is 81.7 Å². The number of Topliss-reactive ketones (excluding diaryl/α,β-unsaturated/α-hetero) is 1. The lowest BCUT2D eigenvalue weighted by molar-refractivity contribution is 0.0988. The normalized spacial score (nSPS) is 10.8. The zero-order chi connectivity index (χ0) is 23.4. The molecule has 0 radical (unpaired) electrons. The molecule has 4 aromatic rings. The van der Waals surface area contributed by atoms with E-state index >= 15 is 0 Å². The second kappa shape index (κ2) is 10.1. The van der Waals surface area contributed by atoms with Crippen molar-refractivity contribution in [3.63, 3.8) is 0 Å². The molecule has 0 atom stereocenters. The van der Waals surface area contributed by atoms with E-state index in [1.807, 2.05) is 42.6 Å². The summed E-state index contributed by atoms with van der Waals surface area (Å²) in [6.45, 7) is 3.92. The van der Waals surface area contributed by atoms with Crippen molar-refractivity contribution in [2.24, 2.45) is 0 Å². The number of nitrogens with zero attached hydrogens (tertiary/aromatic N) is 3. The third kappa shape index (κ3) is 5.21. The summed E-state index contributed by atoms with van der Waals surface area (Å²) in [7, 11) is 1.65. The van der Waals surface area contributed by atoms with Crippen molar-refractivity contribution in [2.75, 3.05) is 12.4 Å². The Morgan fingerprint density at radius 2 is 1.97 bits per heavy atom.